The number of thiazole rings is 1. The zero-order valence-electron chi connectivity index (χ0n) is 20.7. The van der Waals surface area contributed by atoms with E-state index in [2.05, 4.69) is 45.5 Å². The number of urea groups is 1. The molecule has 2 aromatic rings. The molecule has 1 heterocycles. The number of amides is 2. The summed E-state index contributed by atoms with van der Waals surface area (Å²) in [5, 5.41) is 13.0. The maximum Gasteiger partial charge on any atom is 0.324 e. The Hall–Kier alpha value is -2.06. The van der Waals surface area contributed by atoms with Crippen LogP contribution in [0.4, 0.5) is 9.93 Å². The summed E-state index contributed by atoms with van der Waals surface area (Å²) in [6.07, 6.45) is 12.9. The molecule has 2 fully saturated rings. The van der Waals surface area contributed by atoms with Crippen LogP contribution >= 0.6 is 23.1 Å². The lowest BCUT2D eigenvalue weighted by atomic mass is 9.80. The molecule has 0 atom stereocenters. The lowest BCUT2D eigenvalue weighted by Gasteiger charge is -2.41. The van der Waals surface area contributed by atoms with Crippen molar-refractivity contribution in [3.8, 4) is 0 Å². The number of thioether (sulfide) groups is 1. The summed E-state index contributed by atoms with van der Waals surface area (Å²) < 4.78 is -0.158. The fraction of sp³-hybridized carbons (Fsp3) is 0.593. The van der Waals surface area contributed by atoms with Crippen LogP contribution in [0.15, 0.2) is 40.7 Å². The van der Waals surface area contributed by atoms with Gasteiger partial charge < -0.3 is 10.0 Å². The summed E-state index contributed by atoms with van der Waals surface area (Å²) in [7, 11) is 0. The molecular weight excluding hydrogens is 478 g/mol. The van der Waals surface area contributed by atoms with Gasteiger partial charge in [0.2, 0.25) is 0 Å². The molecule has 4 rings (SSSR count). The molecule has 0 unspecified atom stereocenters. The summed E-state index contributed by atoms with van der Waals surface area (Å²) in [5.74, 6) is -0.297. The number of carbonyl (C=O) groups excluding carboxylic acids is 1. The highest BCUT2D eigenvalue weighted by Gasteiger charge is 2.35. The highest BCUT2D eigenvalue weighted by Crippen LogP contribution is 2.39. The molecular formula is C27H37N3O3S2. The maximum absolute atomic E-state index is 13.7. The molecule has 1 aromatic carbocycles. The summed E-state index contributed by atoms with van der Waals surface area (Å²) in [6, 6.07) is 11.2. The molecule has 8 heteroatoms. The number of aromatic nitrogens is 1. The Labute approximate surface area is 216 Å². The highest BCUT2D eigenvalue weighted by atomic mass is 32.2. The van der Waals surface area contributed by atoms with Gasteiger partial charge in [0, 0.05) is 12.1 Å². The Balaban J connectivity index is 1.45. The number of rotatable bonds is 7. The quantitative estimate of drug-likeness (QED) is 0.297. The first-order valence-corrected chi connectivity index (χ1v) is 14.5. The summed E-state index contributed by atoms with van der Waals surface area (Å²) in [5.41, 5.74) is 1.41. The van der Waals surface area contributed by atoms with Gasteiger partial charge in [-0.25, -0.2) is 9.78 Å². The number of nitrogens with zero attached hydrogens (tertiary/aromatic N) is 2. The number of carboxylic acids is 1. The lowest BCUT2D eigenvalue weighted by Crippen LogP contribution is -2.50. The first-order valence-electron chi connectivity index (χ1n) is 12.9. The molecule has 6 nitrogen and oxygen atoms in total. The molecule has 0 spiro atoms. The summed E-state index contributed by atoms with van der Waals surface area (Å²) in [6.45, 7) is 3.36. The van der Waals surface area contributed by atoms with Crippen molar-refractivity contribution < 1.29 is 14.7 Å². The average molecular weight is 516 g/mol. The zero-order valence-corrected chi connectivity index (χ0v) is 22.4. The molecule has 0 bridgehead atoms. The Bertz CT molecular complexity index is 979. The van der Waals surface area contributed by atoms with E-state index in [0.29, 0.717) is 11.0 Å². The summed E-state index contributed by atoms with van der Waals surface area (Å²) in [4.78, 5) is 31.7. The molecule has 0 aliphatic heterocycles. The minimum absolute atomic E-state index is 0.0524. The second-order valence-corrected chi connectivity index (χ2v) is 13.3. The van der Waals surface area contributed by atoms with Crippen LogP contribution in [0.25, 0.3) is 0 Å². The molecule has 0 saturated heterocycles. The van der Waals surface area contributed by atoms with Gasteiger partial charge in [0.1, 0.15) is 4.75 Å². The molecule has 2 aliphatic carbocycles. The van der Waals surface area contributed by atoms with Crippen molar-refractivity contribution in [3.05, 3.63) is 42.1 Å². The minimum atomic E-state index is -0.947. The molecule has 2 N–H and O–H groups in total. The normalized spacial score (nSPS) is 21.8. The maximum atomic E-state index is 13.7. The van der Waals surface area contributed by atoms with Crippen LogP contribution < -0.4 is 5.32 Å². The van der Waals surface area contributed by atoms with Crippen molar-refractivity contribution in [1.29, 1.82) is 0 Å². The van der Waals surface area contributed by atoms with Crippen molar-refractivity contribution in [2.45, 2.75) is 105 Å². The van der Waals surface area contributed by atoms with Crippen LogP contribution in [0.2, 0.25) is 0 Å². The fourth-order valence-electron chi connectivity index (χ4n) is 5.39. The number of anilines is 1. The van der Waals surface area contributed by atoms with Gasteiger partial charge in [0.05, 0.1) is 10.4 Å². The molecule has 1 aromatic heterocycles. The van der Waals surface area contributed by atoms with Crippen LogP contribution in [0.3, 0.4) is 0 Å². The highest BCUT2D eigenvalue weighted by molar-refractivity contribution is 8.03. The summed E-state index contributed by atoms with van der Waals surface area (Å²) >= 11 is 2.61. The standard InChI is InChI=1S/C27H37N3O3S2/c1-27(2,24(31)32)35-23-18-28-25(34-23)29-26(33)30(21-12-8-3-4-9-13-21)22-16-14-20(15-17-22)19-10-6-5-7-11-19/h5-7,10-11,18,20-22H,3-4,8-9,12-17H2,1-2H3,(H,31,32)(H,28,29,33). The molecule has 35 heavy (non-hydrogen) atoms. The SMILES string of the molecule is CC(C)(Sc1cnc(NC(=O)N(C2CCCCCC2)C2CCC(c3ccccc3)CC2)s1)C(=O)O. The third-order valence-corrected chi connectivity index (χ3v) is 9.58. The molecule has 2 amide bonds. The lowest BCUT2D eigenvalue weighted by molar-refractivity contribution is -0.138. The van der Waals surface area contributed by atoms with Crippen LogP contribution in [0.5, 0.6) is 0 Å². The Morgan fingerprint density at radius 2 is 1.63 bits per heavy atom. The van der Waals surface area contributed by atoms with Crippen molar-refractivity contribution in [3.63, 3.8) is 0 Å². The number of nitrogens with one attached hydrogen (secondary N) is 1. The zero-order chi connectivity index (χ0) is 24.8. The number of hydrogen-bond donors (Lipinski definition) is 2. The van der Waals surface area contributed by atoms with Gasteiger partial charge >= 0.3 is 12.0 Å². The Morgan fingerprint density at radius 3 is 2.26 bits per heavy atom. The largest absolute Gasteiger partial charge is 0.480 e. The van der Waals surface area contributed by atoms with E-state index in [4.69, 9.17) is 0 Å². The second kappa shape index (κ2) is 11.8. The minimum Gasteiger partial charge on any atom is -0.480 e. The predicted molar refractivity (Wildman–Crippen MR) is 143 cm³/mol. The van der Waals surface area contributed by atoms with Gasteiger partial charge in [-0.1, -0.05) is 79.1 Å². The average Bonchev–Trinajstić information content (AvgIpc) is 3.10. The second-order valence-electron chi connectivity index (χ2n) is 10.3. The van der Waals surface area contributed by atoms with Crippen molar-refractivity contribution in [1.82, 2.24) is 9.88 Å². The number of benzene rings is 1. The van der Waals surface area contributed by atoms with Gasteiger partial charge in [-0.3, -0.25) is 10.1 Å². The first kappa shape index (κ1) is 26.0. The van der Waals surface area contributed by atoms with E-state index in [1.165, 1.54) is 54.3 Å². The monoisotopic (exact) mass is 515 g/mol. The van der Waals surface area contributed by atoms with E-state index in [1.54, 1.807) is 20.0 Å². The third-order valence-electron chi connectivity index (χ3n) is 7.38. The van der Waals surface area contributed by atoms with Crippen LogP contribution in [-0.2, 0) is 4.79 Å². The molecule has 2 aliphatic rings. The number of carbonyl (C=O) groups is 2. The Kier molecular flexibility index (Phi) is 8.76. The van der Waals surface area contributed by atoms with Crippen LogP contribution in [0.1, 0.15) is 89.5 Å². The fourth-order valence-corrected chi connectivity index (χ4v) is 7.66. The van der Waals surface area contributed by atoms with Gasteiger partial charge in [0.15, 0.2) is 5.13 Å². The van der Waals surface area contributed by atoms with Gasteiger partial charge in [0.25, 0.3) is 0 Å². The number of aliphatic carboxylic acids is 1. The molecule has 190 valence electrons. The van der Waals surface area contributed by atoms with E-state index in [1.807, 2.05) is 0 Å². The van der Waals surface area contributed by atoms with Gasteiger partial charge in [-0.05, 0) is 63.9 Å². The molecule has 2 saturated carbocycles. The van der Waals surface area contributed by atoms with Crippen molar-refractivity contribution >= 4 is 40.2 Å². The smallest absolute Gasteiger partial charge is 0.324 e. The topological polar surface area (TPSA) is 82.5 Å². The third kappa shape index (κ3) is 6.79. The van der Waals surface area contributed by atoms with Gasteiger partial charge in [-0.2, -0.15) is 0 Å². The molecule has 0 radical (unpaired) electrons. The van der Waals surface area contributed by atoms with E-state index in [9.17, 15) is 14.7 Å². The van der Waals surface area contributed by atoms with Gasteiger partial charge in [-0.15, -0.1) is 0 Å². The predicted octanol–water partition coefficient (Wildman–Crippen LogP) is 7.38. The van der Waals surface area contributed by atoms with E-state index in [-0.39, 0.29) is 18.1 Å². The van der Waals surface area contributed by atoms with E-state index >= 15 is 0 Å². The van der Waals surface area contributed by atoms with Crippen molar-refractivity contribution in [2.75, 3.05) is 5.32 Å². The van der Waals surface area contributed by atoms with E-state index < -0.39 is 10.7 Å². The van der Waals surface area contributed by atoms with Crippen LogP contribution in [-0.4, -0.2) is 43.8 Å². The van der Waals surface area contributed by atoms with Crippen molar-refractivity contribution in [2.24, 2.45) is 0 Å². The Morgan fingerprint density at radius 1 is 1.00 bits per heavy atom. The van der Waals surface area contributed by atoms with Crippen LogP contribution in [0, 0.1) is 0 Å². The van der Waals surface area contributed by atoms with E-state index in [0.717, 1.165) is 42.7 Å². The number of hydrogen-bond acceptors (Lipinski definition) is 5. The number of carboxylic acid groups (broad SMARTS) is 1. The first-order chi connectivity index (χ1) is 16.8.